The predicted octanol–water partition coefficient (Wildman–Crippen LogP) is 3.68. The van der Waals surface area contributed by atoms with Crippen molar-refractivity contribution < 1.29 is 5.11 Å². The van der Waals surface area contributed by atoms with E-state index in [1.807, 2.05) is 20.8 Å². The zero-order valence-electron chi connectivity index (χ0n) is 12.0. The van der Waals surface area contributed by atoms with Gasteiger partial charge in [0.2, 0.25) is 0 Å². The molecule has 2 aromatic rings. The third-order valence-electron chi connectivity index (χ3n) is 2.94. The van der Waals surface area contributed by atoms with Crippen molar-refractivity contribution in [2.45, 2.75) is 26.9 Å². The first-order chi connectivity index (χ1) is 9.79. The van der Waals surface area contributed by atoms with E-state index in [1.54, 1.807) is 18.2 Å². The normalized spacial score (nSPS) is 14.3. The molecule has 21 heavy (non-hydrogen) atoms. The first-order valence-corrected chi connectivity index (χ1v) is 7.16. The summed E-state index contributed by atoms with van der Waals surface area (Å²) in [7, 11) is 0. The molecule has 0 saturated heterocycles. The Labute approximate surface area is 134 Å². The minimum absolute atomic E-state index is 0.382. The molecule has 6 heteroatoms. The fourth-order valence-corrected chi connectivity index (χ4v) is 2.18. The lowest BCUT2D eigenvalue weighted by Gasteiger charge is -2.27. The van der Waals surface area contributed by atoms with E-state index in [0.717, 1.165) is 0 Å². The number of aromatic nitrogens is 3. The fraction of sp³-hybridized carbons (Fsp3) is 0.333. The highest BCUT2D eigenvalue weighted by atomic mass is 35.5. The molecule has 0 amide bonds. The Balaban J connectivity index is 2.52. The standard InChI is InChI=1S/C15H16Cl2N3O/c1-15(2,3)14(21)13(20-9-18-8-19-20)6-10-4-5-11(16)7-12(10)17/h4-5,7-9,14,21H,1-3H3. The number of nitrogens with zero attached hydrogens (tertiary/aromatic N) is 3. The van der Waals surface area contributed by atoms with E-state index >= 15 is 0 Å². The third kappa shape index (κ3) is 3.84. The molecule has 1 N–H and O–H groups in total. The monoisotopic (exact) mass is 324 g/mol. The summed E-state index contributed by atoms with van der Waals surface area (Å²) in [6.07, 6.45) is 5.25. The second kappa shape index (κ2) is 6.18. The molecule has 4 nitrogen and oxygen atoms in total. The second-order valence-corrected chi connectivity index (χ2v) is 6.59. The van der Waals surface area contributed by atoms with Gasteiger partial charge in [0, 0.05) is 21.7 Å². The maximum Gasteiger partial charge on any atom is 0.138 e. The summed E-state index contributed by atoms with van der Waals surface area (Å²) in [6.45, 7) is 5.79. The quantitative estimate of drug-likeness (QED) is 0.936. The lowest BCUT2D eigenvalue weighted by Crippen LogP contribution is -2.30. The van der Waals surface area contributed by atoms with Crippen LogP contribution in [0.4, 0.5) is 0 Å². The number of aliphatic hydroxyl groups excluding tert-OH is 1. The Bertz CT molecular complexity index is 645. The molecule has 2 rings (SSSR count). The number of hydrogen-bond donors (Lipinski definition) is 1. The van der Waals surface area contributed by atoms with Crippen LogP contribution >= 0.6 is 23.2 Å². The second-order valence-electron chi connectivity index (χ2n) is 5.74. The van der Waals surface area contributed by atoms with Gasteiger partial charge >= 0.3 is 0 Å². The predicted molar refractivity (Wildman–Crippen MR) is 84.0 cm³/mol. The van der Waals surface area contributed by atoms with Gasteiger partial charge in [-0.3, -0.25) is 0 Å². The lowest BCUT2D eigenvalue weighted by atomic mass is 9.86. The molecule has 1 radical (unpaired) electrons. The van der Waals surface area contributed by atoms with Gasteiger partial charge in [-0.2, -0.15) is 5.10 Å². The fourth-order valence-electron chi connectivity index (χ4n) is 1.72. The summed E-state index contributed by atoms with van der Waals surface area (Å²) in [6, 6.07) is 5.10. The molecule has 111 valence electrons. The Kier molecular flexibility index (Phi) is 4.71. The first kappa shape index (κ1) is 16.0. The summed E-state index contributed by atoms with van der Waals surface area (Å²) >= 11 is 12.1. The molecule has 0 aliphatic rings. The summed E-state index contributed by atoms with van der Waals surface area (Å²) in [5.74, 6) is 0. The van der Waals surface area contributed by atoms with Crippen molar-refractivity contribution in [3.8, 4) is 0 Å². The molecular weight excluding hydrogens is 309 g/mol. The van der Waals surface area contributed by atoms with Gasteiger partial charge in [0.1, 0.15) is 18.8 Å². The van der Waals surface area contributed by atoms with Gasteiger partial charge in [0.15, 0.2) is 0 Å². The highest BCUT2D eigenvalue weighted by molar-refractivity contribution is 6.35. The van der Waals surface area contributed by atoms with Crippen LogP contribution in [0.5, 0.6) is 0 Å². The molecule has 0 aliphatic heterocycles. The van der Waals surface area contributed by atoms with Crippen LogP contribution in [0.1, 0.15) is 26.3 Å². The molecule has 1 unspecified atom stereocenters. The third-order valence-corrected chi connectivity index (χ3v) is 3.49. The largest absolute Gasteiger partial charge is 0.386 e. The maximum absolute atomic E-state index is 10.6. The van der Waals surface area contributed by atoms with Gasteiger partial charge in [-0.15, -0.1) is 0 Å². The van der Waals surface area contributed by atoms with E-state index in [4.69, 9.17) is 23.2 Å². The first-order valence-electron chi connectivity index (χ1n) is 6.41. The summed E-state index contributed by atoms with van der Waals surface area (Å²) in [4.78, 5) is 3.91. The number of hydrogen-bond acceptors (Lipinski definition) is 3. The van der Waals surface area contributed by atoms with Gasteiger partial charge < -0.3 is 5.11 Å². The zero-order chi connectivity index (χ0) is 15.6. The molecule has 1 atom stereocenters. The van der Waals surface area contributed by atoms with Crippen molar-refractivity contribution in [2.24, 2.45) is 5.41 Å². The summed E-state index contributed by atoms with van der Waals surface area (Å²) in [5.41, 5.74) is 0.729. The number of halogens is 2. The van der Waals surface area contributed by atoms with E-state index in [1.165, 1.54) is 17.3 Å². The van der Waals surface area contributed by atoms with Gasteiger partial charge in [-0.1, -0.05) is 50.0 Å². The van der Waals surface area contributed by atoms with Crippen LogP contribution in [0.3, 0.4) is 0 Å². The average molecular weight is 325 g/mol. The molecule has 1 heterocycles. The number of aliphatic hydroxyl groups is 1. The molecule has 1 aromatic carbocycles. The van der Waals surface area contributed by atoms with Crippen LogP contribution < -0.4 is 0 Å². The summed E-state index contributed by atoms with van der Waals surface area (Å²) in [5, 5.41) is 15.6. The van der Waals surface area contributed by atoms with Gasteiger partial charge in [-0.05, 0) is 17.5 Å². The van der Waals surface area contributed by atoms with E-state index in [9.17, 15) is 5.11 Å². The van der Waals surface area contributed by atoms with Gasteiger partial charge in [0.05, 0.1) is 5.70 Å². The average Bonchev–Trinajstić information content (AvgIpc) is 2.90. The Hall–Kier alpha value is -1.36. The Morgan fingerprint density at radius 2 is 2.05 bits per heavy atom. The lowest BCUT2D eigenvalue weighted by molar-refractivity contribution is 0.108. The smallest absolute Gasteiger partial charge is 0.138 e. The Morgan fingerprint density at radius 1 is 1.33 bits per heavy atom. The van der Waals surface area contributed by atoms with E-state index in [-0.39, 0.29) is 5.41 Å². The van der Waals surface area contributed by atoms with Crippen molar-refractivity contribution in [3.63, 3.8) is 0 Å². The molecule has 0 bridgehead atoms. The van der Waals surface area contributed by atoms with Crippen molar-refractivity contribution >= 4 is 28.9 Å². The van der Waals surface area contributed by atoms with Gasteiger partial charge in [0.25, 0.3) is 0 Å². The van der Waals surface area contributed by atoms with Crippen molar-refractivity contribution in [1.29, 1.82) is 0 Å². The van der Waals surface area contributed by atoms with Gasteiger partial charge in [-0.25, -0.2) is 9.67 Å². The van der Waals surface area contributed by atoms with E-state index in [0.29, 0.717) is 21.3 Å². The van der Waals surface area contributed by atoms with E-state index in [2.05, 4.69) is 16.2 Å². The van der Waals surface area contributed by atoms with Crippen LogP contribution in [-0.4, -0.2) is 26.0 Å². The zero-order valence-corrected chi connectivity index (χ0v) is 13.5. The highest BCUT2D eigenvalue weighted by Crippen LogP contribution is 2.29. The van der Waals surface area contributed by atoms with E-state index < -0.39 is 6.10 Å². The topological polar surface area (TPSA) is 50.9 Å². The van der Waals surface area contributed by atoms with Crippen LogP contribution in [0, 0.1) is 11.5 Å². The maximum atomic E-state index is 10.6. The molecule has 0 fully saturated rings. The van der Waals surface area contributed by atoms with Crippen LogP contribution in [-0.2, 0) is 0 Å². The highest BCUT2D eigenvalue weighted by Gasteiger charge is 2.28. The SMILES string of the molecule is CC(C)(C)C(O)/C(=[C]\c1ccc(Cl)cc1Cl)n1cncn1. The van der Waals surface area contributed by atoms with Crippen LogP contribution in [0.15, 0.2) is 30.9 Å². The molecule has 0 spiro atoms. The number of rotatable bonds is 3. The Morgan fingerprint density at radius 3 is 2.57 bits per heavy atom. The molecule has 0 saturated carbocycles. The van der Waals surface area contributed by atoms with Crippen molar-refractivity contribution in [2.75, 3.05) is 0 Å². The summed E-state index contributed by atoms with van der Waals surface area (Å²) < 4.78 is 1.49. The van der Waals surface area contributed by atoms with Crippen LogP contribution in [0.25, 0.3) is 5.70 Å². The minimum Gasteiger partial charge on any atom is -0.386 e. The molecule has 1 aromatic heterocycles. The van der Waals surface area contributed by atoms with Crippen molar-refractivity contribution in [3.05, 3.63) is 52.5 Å². The number of benzene rings is 1. The molecule has 0 aliphatic carbocycles. The van der Waals surface area contributed by atoms with Crippen LogP contribution in [0.2, 0.25) is 10.0 Å². The minimum atomic E-state index is -0.786. The molecular formula is C15H16Cl2N3O. The van der Waals surface area contributed by atoms with Crippen molar-refractivity contribution in [1.82, 2.24) is 14.8 Å².